The van der Waals surface area contributed by atoms with E-state index in [9.17, 15) is 4.79 Å². The van der Waals surface area contributed by atoms with Crippen molar-refractivity contribution in [3.8, 4) is 0 Å². The molecule has 0 N–H and O–H groups in total. The molecule has 2 rings (SSSR count). The number of fused-ring (bicyclic) bond motifs is 2. The first-order valence-corrected chi connectivity index (χ1v) is 4.35. The highest BCUT2D eigenvalue weighted by atomic mass is 16.5. The number of Topliss-reactive ketones (excluding diaryl/α,β-unsaturated/α-hetero) is 1. The molecule has 2 heteroatoms. The molecule has 2 bridgehead atoms. The lowest BCUT2D eigenvalue weighted by Crippen LogP contribution is -2.47. The van der Waals surface area contributed by atoms with Gasteiger partial charge >= 0.3 is 0 Å². The van der Waals surface area contributed by atoms with Crippen molar-refractivity contribution < 1.29 is 9.53 Å². The zero-order chi connectivity index (χ0) is 8.98. The summed E-state index contributed by atoms with van der Waals surface area (Å²) in [5.41, 5.74) is -0.635. The van der Waals surface area contributed by atoms with Crippen molar-refractivity contribution in [2.75, 3.05) is 0 Å². The number of hydrogen-bond acceptors (Lipinski definition) is 2. The molecule has 0 aromatic carbocycles. The molecule has 12 heavy (non-hydrogen) atoms. The monoisotopic (exact) mass is 166 g/mol. The lowest BCUT2D eigenvalue weighted by atomic mass is 9.78. The van der Waals surface area contributed by atoms with E-state index in [0.29, 0.717) is 12.2 Å². The fraction of sp³-hybridized carbons (Fsp3) is 0.700. The van der Waals surface area contributed by atoms with Gasteiger partial charge in [0.15, 0.2) is 0 Å². The first kappa shape index (κ1) is 7.99. The Labute approximate surface area is 72.6 Å². The molecule has 1 saturated heterocycles. The van der Waals surface area contributed by atoms with Crippen LogP contribution in [0.4, 0.5) is 0 Å². The summed E-state index contributed by atoms with van der Waals surface area (Å²) in [5.74, 6) is 0.311. The number of carbonyl (C=O) groups excluding carboxylic acids is 1. The predicted molar refractivity (Wildman–Crippen MR) is 45.8 cm³/mol. The van der Waals surface area contributed by atoms with E-state index in [1.807, 2.05) is 32.9 Å². The Bertz CT molecular complexity index is 265. The Hall–Kier alpha value is -0.630. The fourth-order valence-electron chi connectivity index (χ4n) is 1.85. The molecule has 0 spiro atoms. The minimum atomic E-state index is -0.327. The normalized spacial score (nSPS) is 43.6. The summed E-state index contributed by atoms with van der Waals surface area (Å²) in [4.78, 5) is 11.7. The highest BCUT2D eigenvalue weighted by Crippen LogP contribution is 2.43. The van der Waals surface area contributed by atoms with Crippen molar-refractivity contribution >= 4 is 5.78 Å². The Morgan fingerprint density at radius 2 is 2.17 bits per heavy atom. The van der Waals surface area contributed by atoms with Crippen molar-refractivity contribution in [2.24, 2.45) is 5.41 Å². The maximum Gasteiger partial charge on any atom is 0.144 e. The lowest BCUT2D eigenvalue weighted by molar-refractivity contribution is -0.156. The van der Waals surface area contributed by atoms with Gasteiger partial charge in [-0.05, 0) is 6.92 Å². The Kier molecular flexibility index (Phi) is 1.33. The van der Waals surface area contributed by atoms with Crippen LogP contribution in [0.3, 0.4) is 0 Å². The van der Waals surface area contributed by atoms with Gasteiger partial charge in [-0.1, -0.05) is 26.0 Å². The molecule has 0 saturated carbocycles. The molecule has 0 radical (unpaired) electrons. The molecule has 2 aliphatic rings. The average molecular weight is 166 g/mol. The van der Waals surface area contributed by atoms with Gasteiger partial charge in [0.05, 0.1) is 17.1 Å². The third-order valence-electron chi connectivity index (χ3n) is 2.96. The summed E-state index contributed by atoms with van der Waals surface area (Å²) >= 11 is 0. The number of carbonyl (C=O) groups is 1. The molecule has 2 nitrogen and oxygen atoms in total. The molecule has 2 atom stereocenters. The van der Waals surface area contributed by atoms with Crippen LogP contribution in [0.15, 0.2) is 12.2 Å². The molecule has 0 aromatic rings. The second-order valence-corrected chi connectivity index (χ2v) is 4.53. The van der Waals surface area contributed by atoms with Gasteiger partial charge in [-0.25, -0.2) is 0 Å². The Balaban J connectivity index is 2.38. The minimum Gasteiger partial charge on any atom is -0.362 e. The van der Waals surface area contributed by atoms with Gasteiger partial charge in [0.25, 0.3) is 0 Å². The van der Waals surface area contributed by atoms with E-state index in [1.54, 1.807) is 0 Å². The summed E-state index contributed by atoms with van der Waals surface area (Å²) in [6.07, 6.45) is 4.55. The van der Waals surface area contributed by atoms with Crippen LogP contribution in [-0.2, 0) is 9.53 Å². The van der Waals surface area contributed by atoms with Gasteiger partial charge < -0.3 is 4.74 Å². The molecular formula is C10H14O2. The number of rotatable bonds is 0. The molecule has 0 aliphatic carbocycles. The molecule has 0 aromatic heterocycles. The number of hydrogen-bond donors (Lipinski definition) is 0. The summed E-state index contributed by atoms with van der Waals surface area (Å²) in [5, 5.41) is 0. The van der Waals surface area contributed by atoms with Crippen LogP contribution in [0.1, 0.15) is 27.2 Å². The fourth-order valence-corrected chi connectivity index (χ4v) is 1.85. The molecule has 1 fully saturated rings. The zero-order valence-corrected chi connectivity index (χ0v) is 7.76. The van der Waals surface area contributed by atoms with Crippen molar-refractivity contribution in [1.82, 2.24) is 0 Å². The van der Waals surface area contributed by atoms with E-state index in [-0.39, 0.29) is 17.1 Å². The van der Waals surface area contributed by atoms with E-state index in [2.05, 4.69) is 0 Å². The largest absolute Gasteiger partial charge is 0.362 e. The van der Waals surface area contributed by atoms with Gasteiger partial charge in [0.1, 0.15) is 5.78 Å². The smallest absolute Gasteiger partial charge is 0.144 e. The summed E-state index contributed by atoms with van der Waals surface area (Å²) in [7, 11) is 0. The minimum absolute atomic E-state index is 0.0104. The first-order valence-electron chi connectivity index (χ1n) is 4.35. The Morgan fingerprint density at radius 1 is 1.50 bits per heavy atom. The van der Waals surface area contributed by atoms with Crippen molar-refractivity contribution in [2.45, 2.75) is 38.9 Å². The second-order valence-electron chi connectivity index (χ2n) is 4.53. The topological polar surface area (TPSA) is 26.3 Å². The maximum atomic E-state index is 11.7. The quantitative estimate of drug-likeness (QED) is 0.512. The van der Waals surface area contributed by atoms with Gasteiger partial charge in [0, 0.05) is 6.42 Å². The van der Waals surface area contributed by atoms with Gasteiger partial charge in [-0.15, -0.1) is 0 Å². The van der Waals surface area contributed by atoms with Crippen LogP contribution in [-0.4, -0.2) is 17.5 Å². The van der Waals surface area contributed by atoms with Gasteiger partial charge in [-0.2, -0.15) is 0 Å². The maximum absolute atomic E-state index is 11.7. The van der Waals surface area contributed by atoms with Crippen LogP contribution in [0, 0.1) is 5.41 Å². The molecule has 66 valence electrons. The summed E-state index contributed by atoms with van der Waals surface area (Å²) < 4.78 is 5.74. The van der Waals surface area contributed by atoms with E-state index < -0.39 is 0 Å². The molecule has 0 amide bonds. The number of ketones is 1. The standard InChI is InChI=1S/C10H14O2/c1-9(2)7(11)6-10(3)5-4-8(9)12-10/h4-5,8H,6H2,1-3H3/t8-,10+/m0/s1. The van der Waals surface area contributed by atoms with Crippen LogP contribution < -0.4 is 0 Å². The SMILES string of the molecule is CC1(C)C(=O)C[C@@]2(C)C=C[C@@H]1O2. The first-order chi connectivity index (χ1) is 5.44. The summed E-state index contributed by atoms with van der Waals surface area (Å²) in [6, 6.07) is 0. The van der Waals surface area contributed by atoms with Crippen LogP contribution >= 0.6 is 0 Å². The highest BCUT2D eigenvalue weighted by Gasteiger charge is 2.50. The van der Waals surface area contributed by atoms with E-state index in [1.165, 1.54) is 0 Å². The molecular weight excluding hydrogens is 152 g/mol. The lowest BCUT2D eigenvalue weighted by Gasteiger charge is -2.39. The van der Waals surface area contributed by atoms with E-state index in [4.69, 9.17) is 4.74 Å². The van der Waals surface area contributed by atoms with Crippen LogP contribution in [0.2, 0.25) is 0 Å². The van der Waals surface area contributed by atoms with Crippen molar-refractivity contribution in [3.63, 3.8) is 0 Å². The third-order valence-corrected chi connectivity index (χ3v) is 2.96. The van der Waals surface area contributed by atoms with E-state index >= 15 is 0 Å². The zero-order valence-electron chi connectivity index (χ0n) is 7.76. The highest BCUT2D eigenvalue weighted by molar-refractivity contribution is 5.87. The van der Waals surface area contributed by atoms with Crippen molar-refractivity contribution in [3.05, 3.63) is 12.2 Å². The second kappa shape index (κ2) is 1.99. The predicted octanol–water partition coefficient (Wildman–Crippen LogP) is 1.70. The van der Waals surface area contributed by atoms with E-state index in [0.717, 1.165) is 0 Å². The molecule has 0 unspecified atom stereocenters. The average Bonchev–Trinajstić information content (AvgIpc) is 2.28. The van der Waals surface area contributed by atoms with Gasteiger partial charge in [-0.3, -0.25) is 4.79 Å². The molecule has 2 heterocycles. The van der Waals surface area contributed by atoms with Crippen LogP contribution in [0.5, 0.6) is 0 Å². The summed E-state index contributed by atoms with van der Waals surface area (Å²) in [6.45, 7) is 5.88. The van der Waals surface area contributed by atoms with Crippen LogP contribution in [0.25, 0.3) is 0 Å². The van der Waals surface area contributed by atoms with Crippen molar-refractivity contribution in [1.29, 1.82) is 0 Å². The molecule has 2 aliphatic heterocycles. The van der Waals surface area contributed by atoms with Gasteiger partial charge in [0.2, 0.25) is 0 Å². The third kappa shape index (κ3) is 0.876. The Morgan fingerprint density at radius 3 is 2.83 bits per heavy atom. The number of ether oxygens (including phenoxy) is 1.